The minimum Gasteiger partial charge on any atom is -0.478 e. The summed E-state index contributed by atoms with van der Waals surface area (Å²) in [6.45, 7) is 1.88. The number of carbonyl (C=O) groups excluding carboxylic acids is 1. The summed E-state index contributed by atoms with van der Waals surface area (Å²) < 4.78 is 5.15. The van der Waals surface area contributed by atoms with Crippen molar-refractivity contribution >= 4 is 11.9 Å². The lowest BCUT2D eigenvalue weighted by Crippen LogP contribution is -2.25. The van der Waals surface area contributed by atoms with E-state index in [1.54, 1.807) is 0 Å². The summed E-state index contributed by atoms with van der Waals surface area (Å²) in [7, 11) is 0. The molecule has 1 rings (SSSR count). The fourth-order valence-electron chi connectivity index (χ4n) is 2.06. The summed E-state index contributed by atoms with van der Waals surface area (Å²) >= 11 is 0. The van der Waals surface area contributed by atoms with Gasteiger partial charge in [0.2, 0.25) is 0 Å². The molecule has 90 valence electrons. The van der Waals surface area contributed by atoms with Gasteiger partial charge in [-0.05, 0) is 25.7 Å². The largest absolute Gasteiger partial charge is 0.478 e. The molecule has 0 bridgehead atoms. The average Bonchev–Trinajstić information content (AvgIpc) is 2.27. The van der Waals surface area contributed by atoms with Crippen LogP contribution in [0.4, 0.5) is 0 Å². The molecule has 0 aromatic rings. The van der Waals surface area contributed by atoms with Crippen molar-refractivity contribution in [3.05, 3.63) is 12.2 Å². The van der Waals surface area contributed by atoms with E-state index in [2.05, 4.69) is 0 Å². The van der Waals surface area contributed by atoms with Crippen molar-refractivity contribution in [1.29, 1.82) is 0 Å². The van der Waals surface area contributed by atoms with Gasteiger partial charge in [-0.1, -0.05) is 19.3 Å². The average molecular weight is 226 g/mol. The molecule has 16 heavy (non-hydrogen) atoms. The van der Waals surface area contributed by atoms with Crippen LogP contribution in [0.1, 0.15) is 39.0 Å². The molecule has 0 heterocycles. The molecule has 0 aromatic carbocycles. The van der Waals surface area contributed by atoms with Crippen LogP contribution in [0.25, 0.3) is 0 Å². The number of carboxylic acid groups (broad SMARTS) is 1. The fraction of sp³-hybridized carbons (Fsp3) is 0.667. The summed E-state index contributed by atoms with van der Waals surface area (Å²) in [5.74, 6) is -1.28. The Labute approximate surface area is 95.3 Å². The van der Waals surface area contributed by atoms with Gasteiger partial charge in [0.1, 0.15) is 6.10 Å². The maximum atomic E-state index is 11.2. The van der Waals surface area contributed by atoms with E-state index >= 15 is 0 Å². The molecular formula is C12H18O4. The number of esters is 1. The maximum absolute atomic E-state index is 11.2. The van der Waals surface area contributed by atoms with Gasteiger partial charge in [-0.3, -0.25) is 0 Å². The molecule has 1 aliphatic carbocycles. The smallest absolute Gasteiger partial charge is 0.331 e. The van der Waals surface area contributed by atoms with Crippen molar-refractivity contribution in [3.63, 3.8) is 0 Å². The van der Waals surface area contributed by atoms with E-state index in [1.807, 2.05) is 6.92 Å². The first-order chi connectivity index (χ1) is 7.59. The number of hydrogen-bond donors (Lipinski definition) is 1. The Bertz CT molecular complexity index is 277. The van der Waals surface area contributed by atoms with Gasteiger partial charge in [0.15, 0.2) is 0 Å². The third-order valence-electron chi connectivity index (χ3n) is 2.98. The van der Waals surface area contributed by atoms with Crippen LogP contribution in [0.15, 0.2) is 12.2 Å². The van der Waals surface area contributed by atoms with Gasteiger partial charge in [-0.25, -0.2) is 9.59 Å². The molecule has 0 spiro atoms. The van der Waals surface area contributed by atoms with E-state index in [1.165, 1.54) is 19.3 Å². The van der Waals surface area contributed by atoms with Crippen molar-refractivity contribution in [2.45, 2.75) is 45.1 Å². The van der Waals surface area contributed by atoms with Gasteiger partial charge in [0.05, 0.1) is 0 Å². The van der Waals surface area contributed by atoms with Crippen LogP contribution in [0.2, 0.25) is 0 Å². The molecule has 1 fully saturated rings. The predicted molar refractivity (Wildman–Crippen MR) is 58.9 cm³/mol. The van der Waals surface area contributed by atoms with Gasteiger partial charge in [-0.2, -0.15) is 0 Å². The normalized spacial score (nSPS) is 19.6. The summed E-state index contributed by atoms with van der Waals surface area (Å²) in [5, 5.41) is 8.35. The summed E-state index contributed by atoms with van der Waals surface area (Å²) in [4.78, 5) is 21.4. The Kier molecular flexibility index (Phi) is 5.02. The van der Waals surface area contributed by atoms with Crippen LogP contribution >= 0.6 is 0 Å². The predicted octanol–water partition coefficient (Wildman–Crippen LogP) is 2.14. The molecule has 0 aliphatic heterocycles. The molecular weight excluding hydrogens is 208 g/mol. The summed E-state index contributed by atoms with van der Waals surface area (Å²) in [6, 6.07) is 0. The fourth-order valence-corrected chi connectivity index (χ4v) is 2.06. The Morgan fingerprint density at radius 2 is 1.88 bits per heavy atom. The highest BCUT2D eigenvalue weighted by atomic mass is 16.5. The molecule has 1 N–H and O–H groups in total. The second-order valence-corrected chi connectivity index (χ2v) is 4.21. The number of carbonyl (C=O) groups is 2. The zero-order valence-electron chi connectivity index (χ0n) is 9.52. The van der Waals surface area contributed by atoms with E-state index < -0.39 is 11.9 Å². The lowest BCUT2D eigenvalue weighted by atomic mass is 9.86. The summed E-state index contributed by atoms with van der Waals surface area (Å²) in [5.41, 5.74) is 0. The summed E-state index contributed by atoms with van der Waals surface area (Å²) in [6.07, 6.45) is 7.47. The van der Waals surface area contributed by atoms with Crippen molar-refractivity contribution in [2.75, 3.05) is 0 Å². The molecule has 4 heteroatoms. The monoisotopic (exact) mass is 226 g/mol. The van der Waals surface area contributed by atoms with Crippen LogP contribution in [-0.4, -0.2) is 23.1 Å². The van der Waals surface area contributed by atoms with Crippen molar-refractivity contribution in [2.24, 2.45) is 5.92 Å². The van der Waals surface area contributed by atoms with E-state index in [9.17, 15) is 9.59 Å². The molecule has 4 nitrogen and oxygen atoms in total. The third kappa shape index (κ3) is 4.47. The number of ether oxygens (including phenoxy) is 1. The van der Waals surface area contributed by atoms with Gasteiger partial charge in [-0.15, -0.1) is 0 Å². The highest BCUT2D eigenvalue weighted by molar-refractivity contribution is 5.90. The highest BCUT2D eigenvalue weighted by Gasteiger charge is 2.22. The standard InChI is InChI=1S/C12H18O4/c1-9(10-5-3-2-4-6-10)16-12(15)8-7-11(13)14/h7-10H,2-6H2,1H3,(H,13,14)/b8-7-. The molecule has 1 atom stereocenters. The maximum Gasteiger partial charge on any atom is 0.331 e. The van der Waals surface area contributed by atoms with Crippen molar-refractivity contribution in [3.8, 4) is 0 Å². The van der Waals surface area contributed by atoms with Gasteiger partial charge < -0.3 is 9.84 Å². The number of aliphatic carboxylic acids is 1. The molecule has 0 radical (unpaired) electrons. The second kappa shape index (κ2) is 6.30. The van der Waals surface area contributed by atoms with Gasteiger partial charge >= 0.3 is 11.9 Å². The lowest BCUT2D eigenvalue weighted by molar-refractivity contribution is -0.145. The van der Waals surface area contributed by atoms with E-state index in [-0.39, 0.29) is 6.10 Å². The molecule has 1 aliphatic rings. The Balaban J connectivity index is 2.34. The zero-order valence-corrected chi connectivity index (χ0v) is 9.52. The van der Waals surface area contributed by atoms with Crippen LogP contribution in [0, 0.1) is 5.92 Å². The van der Waals surface area contributed by atoms with Crippen LogP contribution < -0.4 is 0 Å². The minimum absolute atomic E-state index is 0.119. The molecule has 0 saturated heterocycles. The number of carboxylic acids is 1. The first kappa shape index (κ1) is 12.7. The lowest BCUT2D eigenvalue weighted by Gasteiger charge is -2.26. The van der Waals surface area contributed by atoms with E-state index in [0.29, 0.717) is 5.92 Å². The van der Waals surface area contributed by atoms with Crippen LogP contribution in [0.5, 0.6) is 0 Å². The molecule has 1 unspecified atom stereocenters. The highest BCUT2D eigenvalue weighted by Crippen LogP contribution is 2.27. The van der Waals surface area contributed by atoms with Crippen LogP contribution in [-0.2, 0) is 14.3 Å². The Morgan fingerprint density at radius 1 is 1.25 bits per heavy atom. The van der Waals surface area contributed by atoms with E-state index in [0.717, 1.165) is 25.0 Å². The first-order valence-electron chi connectivity index (χ1n) is 5.71. The molecule has 0 amide bonds. The molecule has 1 saturated carbocycles. The second-order valence-electron chi connectivity index (χ2n) is 4.21. The molecule has 0 aromatic heterocycles. The van der Waals surface area contributed by atoms with Crippen LogP contribution in [0.3, 0.4) is 0 Å². The first-order valence-corrected chi connectivity index (χ1v) is 5.71. The number of rotatable bonds is 4. The van der Waals surface area contributed by atoms with E-state index in [4.69, 9.17) is 9.84 Å². The SMILES string of the molecule is CC(OC(=O)/C=C\C(=O)O)C1CCCCC1. The van der Waals surface area contributed by atoms with Crippen molar-refractivity contribution < 1.29 is 19.4 Å². The van der Waals surface area contributed by atoms with Crippen molar-refractivity contribution in [1.82, 2.24) is 0 Å². The minimum atomic E-state index is -1.14. The third-order valence-corrected chi connectivity index (χ3v) is 2.98. The number of hydrogen-bond acceptors (Lipinski definition) is 3. The Morgan fingerprint density at radius 3 is 2.44 bits per heavy atom. The topological polar surface area (TPSA) is 63.6 Å². The zero-order chi connectivity index (χ0) is 12.0. The quantitative estimate of drug-likeness (QED) is 0.589. The van der Waals surface area contributed by atoms with Gasteiger partial charge in [0, 0.05) is 12.2 Å². The van der Waals surface area contributed by atoms with Gasteiger partial charge in [0.25, 0.3) is 0 Å². The Hall–Kier alpha value is -1.32.